The van der Waals surface area contributed by atoms with Crippen LogP contribution in [0.4, 0.5) is 0 Å². The molecule has 0 radical (unpaired) electrons. The van der Waals surface area contributed by atoms with Crippen molar-refractivity contribution in [3.8, 4) is 5.75 Å². The van der Waals surface area contributed by atoms with Gasteiger partial charge in [0.05, 0.1) is 24.9 Å². The van der Waals surface area contributed by atoms with Gasteiger partial charge in [0.1, 0.15) is 48.0 Å². The molecule has 302 valence electrons. The van der Waals surface area contributed by atoms with Crippen LogP contribution in [0, 0.1) is 0 Å². The number of carboxylic acids is 2. The molecule has 6 amide bonds. The van der Waals surface area contributed by atoms with Crippen LogP contribution in [0.15, 0.2) is 24.3 Å². The Hall–Kier alpha value is -5.42. The number of hydrogen-bond acceptors (Lipinski definition) is 14. The van der Waals surface area contributed by atoms with Gasteiger partial charge in [-0.3, -0.25) is 33.6 Å². The first-order valence-corrected chi connectivity index (χ1v) is 16.5. The monoisotopic (exact) mass is 771 g/mol. The van der Waals surface area contributed by atoms with Gasteiger partial charge in [-0.25, -0.2) is 4.79 Å². The number of phenols is 1. The van der Waals surface area contributed by atoms with Gasteiger partial charge in [-0.05, 0) is 51.8 Å². The summed E-state index contributed by atoms with van der Waals surface area (Å²) in [6.07, 6.45) is -6.05. The third kappa shape index (κ3) is 15.3. The average molecular weight is 772 g/mol. The lowest BCUT2D eigenvalue weighted by atomic mass is 10.0. The molecule has 54 heavy (non-hydrogen) atoms. The Morgan fingerprint density at radius 3 is 1.54 bits per heavy atom. The second-order valence-electron chi connectivity index (χ2n) is 12.5. The number of aliphatic hydroxyl groups is 4. The van der Waals surface area contributed by atoms with E-state index in [9.17, 15) is 74.1 Å². The number of carbonyl (C=O) groups excluding carboxylic acids is 6. The van der Waals surface area contributed by atoms with Gasteiger partial charge in [0.25, 0.3) is 0 Å². The molecule has 0 saturated carbocycles. The lowest BCUT2D eigenvalue weighted by molar-refractivity contribution is -0.143. The van der Waals surface area contributed by atoms with E-state index < -0.39 is 127 Å². The van der Waals surface area contributed by atoms with E-state index in [0.29, 0.717) is 5.56 Å². The maximum absolute atomic E-state index is 13.5. The van der Waals surface area contributed by atoms with Crippen LogP contribution in [0.5, 0.6) is 5.75 Å². The Kier molecular flexibility index (Phi) is 18.9. The van der Waals surface area contributed by atoms with Crippen molar-refractivity contribution in [1.29, 1.82) is 0 Å². The van der Waals surface area contributed by atoms with Gasteiger partial charge in [0.2, 0.25) is 35.4 Å². The van der Waals surface area contributed by atoms with Crippen molar-refractivity contribution in [3.63, 3.8) is 0 Å². The van der Waals surface area contributed by atoms with Crippen molar-refractivity contribution >= 4 is 47.4 Å². The molecule has 1 aromatic carbocycles. The van der Waals surface area contributed by atoms with Gasteiger partial charge >= 0.3 is 11.9 Å². The molecule has 0 aromatic heterocycles. The first kappa shape index (κ1) is 46.6. The average Bonchev–Trinajstić information content (AvgIpc) is 3.09. The number of nitrogens with one attached hydrogen (secondary N) is 6. The maximum atomic E-state index is 13.5. The summed E-state index contributed by atoms with van der Waals surface area (Å²) < 4.78 is 0. The minimum Gasteiger partial charge on any atom is -0.508 e. The van der Waals surface area contributed by atoms with E-state index in [1.54, 1.807) is 0 Å². The normalized spacial score (nSPS) is 16.6. The van der Waals surface area contributed by atoms with Gasteiger partial charge in [0.15, 0.2) is 0 Å². The lowest BCUT2D eigenvalue weighted by Gasteiger charge is -2.28. The largest absolute Gasteiger partial charge is 0.508 e. The van der Waals surface area contributed by atoms with Crippen LogP contribution in [0.1, 0.15) is 46.1 Å². The second kappa shape index (κ2) is 21.9. The summed E-state index contributed by atoms with van der Waals surface area (Å²) in [5.41, 5.74) is 5.91. The molecule has 22 heteroatoms. The third-order valence-electron chi connectivity index (χ3n) is 7.79. The number of aromatic hydroxyl groups is 1. The van der Waals surface area contributed by atoms with Gasteiger partial charge in [0, 0.05) is 12.8 Å². The molecule has 0 aliphatic carbocycles. The molecule has 0 saturated heterocycles. The molecule has 15 N–H and O–H groups in total. The van der Waals surface area contributed by atoms with Gasteiger partial charge in [-0.1, -0.05) is 12.1 Å². The Balaban J connectivity index is 3.23. The Morgan fingerprint density at radius 1 is 0.611 bits per heavy atom. The quantitative estimate of drug-likeness (QED) is 0.0522. The summed E-state index contributed by atoms with van der Waals surface area (Å²) in [4.78, 5) is 101. The number of hydrogen-bond donors (Lipinski definition) is 14. The summed E-state index contributed by atoms with van der Waals surface area (Å²) in [7, 11) is 0. The molecule has 22 nitrogen and oxygen atoms in total. The van der Waals surface area contributed by atoms with E-state index in [4.69, 9.17) is 5.73 Å². The minimum atomic E-state index is -1.83. The number of carbonyl (C=O) groups is 8. The molecule has 0 bridgehead atoms. The van der Waals surface area contributed by atoms with Crippen molar-refractivity contribution in [2.75, 3.05) is 6.61 Å². The number of phenolic OH excluding ortho intramolecular Hbond substituents is 1. The van der Waals surface area contributed by atoms with Crippen LogP contribution in [0.2, 0.25) is 0 Å². The van der Waals surface area contributed by atoms with Crippen LogP contribution in [-0.2, 0) is 44.8 Å². The zero-order valence-electron chi connectivity index (χ0n) is 29.9. The zero-order chi connectivity index (χ0) is 41.4. The van der Waals surface area contributed by atoms with E-state index in [2.05, 4.69) is 26.6 Å². The first-order chi connectivity index (χ1) is 25.1. The van der Waals surface area contributed by atoms with Gasteiger partial charge in [-0.15, -0.1) is 0 Å². The van der Waals surface area contributed by atoms with Crippen LogP contribution in [0.3, 0.4) is 0 Å². The molecular formula is C32H49N7O15. The fraction of sp³-hybridized carbons (Fsp3) is 0.562. The van der Waals surface area contributed by atoms with Gasteiger partial charge < -0.3 is 73.4 Å². The van der Waals surface area contributed by atoms with Crippen LogP contribution in [-0.4, -0.2) is 150 Å². The molecule has 0 heterocycles. The molecule has 0 spiro atoms. The molecule has 0 unspecified atom stereocenters. The highest BCUT2D eigenvalue weighted by Gasteiger charge is 2.35. The van der Waals surface area contributed by atoms with Crippen LogP contribution < -0.4 is 37.6 Å². The highest BCUT2D eigenvalue weighted by molar-refractivity contribution is 5.97. The second-order valence-corrected chi connectivity index (χ2v) is 12.5. The molecular weight excluding hydrogens is 722 g/mol. The smallest absolute Gasteiger partial charge is 0.328 e. The van der Waals surface area contributed by atoms with Crippen molar-refractivity contribution in [2.24, 2.45) is 5.73 Å². The fourth-order valence-corrected chi connectivity index (χ4v) is 4.53. The highest BCUT2D eigenvalue weighted by atomic mass is 16.4. The number of amides is 6. The molecule has 1 aromatic rings. The lowest BCUT2D eigenvalue weighted by Crippen LogP contribution is -2.62. The predicted molar refractivity (Wildman–Crippen MR) is 184 cm³/mol. The number of benzene rings is 1. The van der Waals surface area contributed by atoms with Crippen molar-refractivity contribution < 1.29 is 74.1 Å². The molecule has 0 fully saturated rings. The van der Waals surface area contributed by atoms with Gasteiger partial charge in [-0.2, -0.15) is 0 Å². The summed E-state index contributed by atoms with van der Waals surface area (Å²) in [5.74, 6) is -9.69. The van der Waals surface area contributed by atoms with E-state index in [0.717, 1.165) is 20.8 Å². The summed E-state index contributed by atoms with van der Waals surface area (Å²) in [6, 6.07) is -6.16. The Labute approximate surface area is 308 Å². The first-order valence-electron chi connectivity index (χ1n) is 16.5. The number of aliphatic carboxylic acids is 2. The Morgan fingerprint density at radius 2 is 1.07 bits per heavy atom. The summed E-state index contributed by atoms with van der Waals surface area (Å²) in [5, 5.41) is 80.6. The Bertz CT molecular complexity index is 1490. The maximum Gasteiger partial charge on any atom is 0.328 e. The highest BCUT2D eigenvalue weighted by Crippen LogP contribution is 2.12. The standard InChI is InChI=1S/C32H49N7O15/c1-13(34-30(51)24(15(3)42)39-29(50)23(33)14(2)41)26(47)38-25(16(4)43)31(52)35-19(9-10-22(45)46)27(48)36-20(11-17-5-7-18(44)8-6-17)28(49)37-21(12-40)32(53)54/h5-8,13-16,19-21,23-25,40-44H,9-12,33H2,1-4H3,(H,34,51)(H,35,52)(H,36,48)(H,37,49)(H,38,47)(H,39,50)(H,45,46)(H,53,54)/t13-,14+,15+,16+,19-,20-,21-,23-,24-,25-/m0/s1. The third-order valence-corrected chi connectivity index (χ3v) is 7.79. The van der Waals surface area contributed by atoms with Crippen molar-refractivity contribution in [2.45, 2.75) is 108 Å². The number of nitrogens with two attached hydrogens (primary N) is 1. The summed E-state index contributed by atoms with van der Waals surface area (Å²) >= 11 is 0. The molecule has 0 aliphatic heterocycles. The van der Waals surface area contributed by atoms with E-state index in [-0.39, 0.29) is 12.2 Å². The van der Waals surface area contributed by atoms with E-state index in [1.807, 2.05) is 5.32 Å². The topological polar surface area (TPSA) is 376 Å². The summed E-state index contributed by atoms with van der Waals surface area (Å²) in [6.45, 7) is 3.60. The van der Waals surface area contributed by atoms with Crippen molar-refractivity contribution in [1.82, 2.24) is 31.9 Å². The molecule has 1 rings (SSSR count). The predicted octanol–water partition coefficient (Wildman–Crippen LogP) is -5.73. The van der Waals surface area contributed by atoms with Crippen LogP contribution in [0.25, 0.3) is 0 Å². The molecule has 0 aliphatic rings. The zero-order valence-corrected chi connectivity index (χ0v) is 29.9. The van der Waals surface area contributed by atoms with E-state index in [1.165, 1.54) is 31.2 Å². The molecule has 10 atom stereocenters. The van der Waals surface area contributed by atoms with E-state index >= 15 is 0 Å². The van der Waals surface area contributed by atoms with Crippen molar-refractivity contribution in [3.05, 3.63) is 29.8 Å². The number of aliphatic hydroxyl groups excluding tert-OH is 4. The van der Waals surface area contributed by atoms with Crippen LogP contribution >= 0.6 is 0 Å². The minimum absolute atomic E-state index is 0.130. The SMILES string of the molecule is C[C@H](NC(=O)[C@@H](NC(=O)[C@@H](N)[C@@H](C)O)[C@@H](C)O)C(=O)N[C@H](C(=O)N[C@@H](CCC(=O)O)C(=O)N[C@@H](Cc1ccc(O)cc1)C(=O)N[C@@H](CO)C(=O)O)[C@@H](C)O. The number of rotatable bonds is 22. The fourth-order valence-electron chi connectivity index (χ4n) is 4.53. The number of carboxylic acid groups (broad SMARTS) is 2.